The second-order valence-electron chi connectivity index (χ2n) is 4.77. The lowest BCUT2D eigenvalue weighted by Gasteiger charge is -2.19. The van der Waals surface area contributed by atoms with Gasteiger partial charge in [-0.15, -0.1) is 5.10 Å². The van der Waals surface area contributed by atoms with Crippen molar-refractivity contribution in [2.45, 2.75) is 12.7 Å². The van der Waals surface area contributed by atoms with Gasteiger partial charge in [0.05, 0.1) is 31.0 Å². The Balaban J connectivity index is 2.20. The molecule has 0 aliphatic carbocycles. The van der Waals surface area contributed by atoms with Crippen LogP contribution in [0.15, 0.2) is 24.3 Å². The fourth-order valence-electron chi connectivity index (χ4n) is 2.05. The summed E-state index contributed by atoms with van der Waals surface area (Å²) in [6.45, 7) is 0.694. The van der Waals surface area contributed by atoms with Crippen molar-refractivity contribution in [1.29, 1.82) is 0 Å². The van der Waals surface area contributed by atoms with Crippen molar-refractivity contribution in [2.75, 3.05) is 26.3 Å². The third kappa shape index (κ3) is 4.47. The number of aliphatic hydroxyl groups excluding tert-OH is 2. The van der Waals surface area contributed by atoms with E-state index in [0.717, 1.165) is 12.1 Å². The lowest BCUT2D eigenvalue weighted by molar-refractivity contribution is -0.137. The van der Waals surface area contributed by atoms with Crippen molar-refractivity contribution in [3.05, 3.63) is 35.7 Å². The summed E-state index contributed by atoms with van der Waals surface area (Å²) >= 11 is 0. The fraction of sp³-hybridized carbons (Fsp3) is 0.462. The molecule has 2 rings (SSSR count). The summed E-state index contributed by atoms with van der Waals surface area (Å²) in [6.07, 6.45) is -4.40. The summed E-state index contributed by atoms with van der Waals surface area (Å²) in [6, 6.07) is 4.48. The van der Waals surface area contributed by atoms with Gasteiger partial charge in [-0.3, -0.25) is 4.90 Å². The maximum atomic E-state index is 12.6. The highest BCUT2D eigenvalue weighted by Crippen LogP contribution is 2.29. The van der Waals surface area contributed by atoms with Crippen LogP contribution in [0.1, 0.15) is 11.4 Å². The van der Waals surface area contributed by atoms with Gasteiger partial charge in [-0.25, -0.2) is 0 Å². The average molecular weight is 331 g/mol. The van der Waals surface area contributed by atoms with Crippen LogP contribution in [-0.2, 0) is 12.7 Å². The lowest BCUT2D eigenvalue weighted by atomic mass is 10.2. The molecule has 0 aliphatic heterocycles. The Morgan fingerprint density at radius 2 is 1.65 bits per heavy atom. The van der Waals surface area contributed by atoms with E-state index in [1.165, 1.54) is 16.8 Å². The molecule has 0 saturated carbocycles. The van der Waals surface area contributed by atoms with Gasteiger partial charge >= 0.3 is 6.18 Å². The van der Waals surface area contributed by atoms with Crippen LogP contribution < -0.4 is 0 Å². The van der Waals surface area contributed by atoms with E-state index in [1.54, 1.807) is 4.90 Å². The first-order chi connectivity index (χ1) is 11.0. The van der Waals surface area contributed by atoms with Crippen molar-refractivity contribution in [3.8, 4) is 5.69 Å². The molecule has 0 atom stereocenters. The molecule has 126 valence electrons. The Morgan fingerprint density at radius 1 is 1.04 bits per heavy atom. The number of halogens is 3. The number of benzene rings is 1. The highest BCUT2D eigenvalue weighted by Gasteiger charge is 2.30. The average Bonchev–Trinajstić information content (AvgIpc) is 2.95. The normalized spacial score (nSPS) is 12.1. The molecule has 1 aromatic heterocycles. The summed E-state index contributed by atoms with van der Waals surface area (Å²) in [5, 5.41) is 29.1. The summed E-state index contributed by atoms with van der Waals surface area (Å²) < 4.78 is 39.1. The Hall–Kier alpha value is -2.04. The van der Waals surface area contributed by atoms with Crippen LogP contribution in [0.5, 0.6) is 0 Å². The van der Waals surface area contributed by atoms with Crippen molar-refractivity contribution in [2.24, 2.45) is 0 Å². The predicted octanol–water partition coefficient (Wildman–Crippen LogP) is 0.468. The summed E-state index contributed by atoms with van der Waals surface area (Å²) in [5.74, 6) is 0.395. The molecule has 7 nitrogen and oxygen atoms in total. The first-order valence-electron chi connectivity index (χ1n) is 6.84. The van der Waals surface area contributed by atoms with Gasteiger partial charge in [-0.2, -0.15) is 17.9 Å². The molecule has 2 aromatic rings. The summed E-state index contributed by atoms with van der Waals surface area (Å²) in [7, 11) is 0. The van der Waals surface area contributed by atoms with Gasteiger partial charge in [0.1, 0.15) is 0 Å². The second kappa shape index (κ2) is 7.49. The summed E-state index contributed by atoms with van der Waals surface area (Å²) in [5.41, 5.74) is -0.357. The number of nitrogens with zero attached hydrogens (tertiary/aromatic N) is 5. The highest BCUT2D eigenvalue weighted by atomic mass is 19.4. The van der Waals surface area contributed by atoms with Crippen molar-refractivity contribution in [3.63, 3.8) is 0 Å². The van der Waals surface area contributed by atoms with Gasteiger partial charge in [-0.05, 0) is 34.7 Å². The van der Waals surface area contributed by atoms with Crippen LogP contribution in [0.25, 0.3) is 5.69 Å². The lowest BCUT2D eigenvalue weighted by Crippen LogP contribution is -2.30. The number of rotatable bonds is 7. The molecule has 23 heavy (non-hydrogen) atoms. The maximum Gasteiger partial charge on any atom is 0.416 e. The van der Waals surface area contributed by atoms with Crippen LogP contribution in [0.4, 0.5) is 13.2 Å². The molecule has 0 bridgehead atoms. The molecular formula is C13H16F3N5O2. The minimum atomic E-state index is -4.40. The third-order valence-corrected chi connectivity index (χ3v) is 3.17. The molecule has 0 unspecified atom stereocenters. The summed E-state index contributed by atoms with van der Waals surface area (Å²) in [4.78, 5) is 1.73. The van der Waals surface area contributed by atoms with E-state index in [1.807, 2.05) is 0 Å². The Bertz CT molecular complexity index is 609. The van der Waals surface area contributed by atoms with E-state index in [-0.39, 0.29) is 19.8 Å². The molecule has 0 amide bonds. The SMILES string of the molecule is OCCN(CCO)Cc1nnnn1-c1ccc(C(F)(F)F)cc1. The predicted molar refractivity (Wildman–Crippen MR) is 73.6 cm³/mol. The Kier molecular flexibility index (Phi) is 5.64. The maximum absolute atomic E-state index is 12.6. The number of hydrogen-bond acceptors (Lipinski definition) is 6. The van der Waals surface area contributed by atoms with E-state index in [2.05, 4.69) is 15.5 Å². The molecule has 0 aliphatic rings. The molecule has 0 spiro atoms. The van der Waals surface area contributed by atoms with Crippen LogP contribution in [-0.4, -0.2) is 61.6 Å². The quantitative estimate of drug-likeness (QED) is 0.767. The fourth-order valence-corrected chi connectivity index (χ4v) is 2.05. The van der Waals surface area contributed by atoms with Gasteiger partial charge in [0.15, 0.2) is 5.82 Å². The highest BCUT2D eigenvalue weighted by molar-refractivity contribution is 5.35. The molecule has 1 heterocycles. The van der Waals surface area contributed by atoms with Crippen LogP contribution in [0, 0.1) is 0 Å². The van der Waals surface area contributed by atoms with Gasteiger partial charge in [-0.1, -0.05) is 0 Å². The molecular weight excluding hydrogens is 315 g/mol. The van der Waals surface area contributed by atoms with Crippen LogP contribution >= 0.6 is 0 Å². The number of alkyl halides is 3. The zero-order valence-corrected chi connectivity index (χ0v) is 12.1. The van der Waals surface area contributed by atoms with Crippen LogP contribution in [0.2, 0.25) is 0 Å². The van der Waals surface area contributed by atoms with Crippen LogP contribution in [0.3, 0.4) is 0 Å². The van der Waals surface area contributed by atoms with Gasteiger partial charge in [0.25, 0.3) is 0 Å². The molecule has 2 N–H and O–H groups in total. The van der Waals surface area contributed by atoms with E-state index in [0.29, 0.717) is 24.6 Å². The third-order valence-electron chi connectivity index (χ3n) is 3.17. The van der Waals surface area contributed by atoms with Gasteiger partial charge < -0.3 is 10.2 Å². The number of tetrazole rings is 1. The monoisotopic (exact) mass is 331 g/mol. The van der Waals surface area contributed by atoms with E-state index < -0.39 is 11.7 Å². The first kappa shape index (κ1) is 17.3. The largest absolute Gasteiger partial charge is 0.416 e. The van der Waals surface area contributed by atoms with Gasteiger partial charge in [0.2, 0.25) is 0 Å². The number of hydrogen-bond donors (Lipinski definition) is 2. The number of aromatic nitrogens is 4. The topological polar surface area (TPSA) is 87.3 Å². The smallest absolute Gasteiger partial charge is 0.395 e. The van der Waals surface area contributed by atoms with E-state index in [9.17, 15) is 13.2 Å². The molecule has 0 fully saturated rings. The number of aliphatic hydroxyl groups is 2. The zero-order valence-electron chi connectivity index (χ0n) is 12.1. The second-order valence-corrected chi connectivity index (χ2v) is 4.77. The Morgan fingerprint density at radius 3 is 2.17 bits per heavy atom. The standard InChI is InChI=1S/C13H16F3N5O2/c14-13(15,16)10-1-3-11(4-2-10)21-12(17-18-19-21)9-20(5-7-22)6-8-23/h1-4,22-23H,5-9H2. The molecule has 0 saturated heterocycles. The minimum Gasteiger partial charge on any atom is -0.395 e. The zero-order chi connectivity index (χ0) is 16.9. The Labute approximate surface area is 130 Å². The first-order valence-corrected chi connectivity index (χ1v) is 6.84. The minimum absolute atomic E-state index is 0.0954. The van der Waals surface area contributed by atoms with Crippen molar-refractivity contribution in [1.82, 2.24) is 25.1 Å². The molecule has 0 radical (unpaired) electrons. The molecule has 10 heteroatoms. The molecule has 1 aromatic carbocycles. The van der Waals surface area contributed by atoms with E-state index >= 15 is 0 Å². The van der Waals surface area contributed by atoms with Gasteiger partial charge in [0, 0.05) is 13.1 Å². The van der Waals surface area contributed by atoms with Crippen molar-refractivity contribution < 1.29 is 23.4 Å². The van der Waals surface area contributed by atoms with Crippen molar-refractivity contribution >= 4 is 0 Å². The van der Waals surface area contributed by atoms with E-state index in [4.69, 9.17) is 10.2 Å².